The number of imide groups is 1. The number of nitrogens with zero attached hydrogens (tertiary/aromatic N) is 3. The highest BCUT2D eigenvalue weighted by molar-refractivity contribution is 8.25. The van der Waals surface area contributed by atoms with Crippen molar-refractivity contribution in [3.63, 3.8) is 0 Å². The number of thioether (sulfide) groups is 2. The fourth-order valence-electron chi connectivity index (χ4n) is 8.93. The minimum absolute atomic E-state index is 0.0428. The molecule has 0 heterocycles. The fourth-order valence-corrected chi connectivity index (χ4v) is 12.1. The molecule has 11 N–H and O–H groups in total. The van der Waals surface area contributed by atoms with E-state index in [0.717, 1.165) is 34.7 Å². The maximum atomic E-state index is 15.4. The van der Waals surface area contributed by atoms with Gasteiger partial charge in [0.15, 0.2) is 0 Å². The zero-order valence-corrected chi connectivity index (χ0v) is 50.9. The Morgan fingerprint density at radius 2 is 0.857 bits per heavy atom. The molecular formula is C62H78N10O8S4. The molecule has 7 unspecified atom stereocenters. The molecule has 4 aromatic rings. The number of unbranched alkanes of at least 4 members (excludes halogenated alkanes) is 3. The molecule has 4 rings (SSSR count). The first-order valence-electron chi connectivity index (χ1n) is 28.2. The van der Waals surface area contributed by atoms with Crippen LogP contribution in [0.3, 0.4) is 0 Å². The Labute approximate surface area is 512 Å². The van der Waals surface area contributed by atoms with Crippen LogP contribution >= 0.6 is 48.0 Å². The van der Waals surface area contributed by atoms with Gasteiger partial charge in [-0.25, -0.2) is 4.79 Å². The molecule has 0 spiro atoms. The maximum Gasteiger partial charge on any atom is 0.326 e. The van der Waals surface area contributed by atoms with Gasteiger partial charge >= 0.3 is 5.97 Å². The van der Waals surface area contributed by atoms with E-state index in [9.17, 15) is 39.6 Å². The van der Waals surface area contributed by atoms with Crippen molar-refractivity contribution in [3.8, 4) is 12.1 Å². The Balaban J connectivity index is 1.70. The molecule has 0 bridgehead atoms. The van der Waals surface area contributed by atoms with Crippen LogP contribution in [-0.2, 0) is 46.4 Å². The van der Waals surface area contributed by atoms with Crippen LogP contribution in [0.5, 0.6) is 0 Å². The first-order valence-corrected chi connectivity index (χ1v) is 30.6. The summed E-state index contributed by atoms with van der Waals surface area (Å²) < 4.78 is -1.31. The van der Waals surface area contributed by atoms with E-state index in [4.69, 9.17) is 41.6 Å². The van der Waals surface area contributed by atoms with Gasteiger partial charge in [0.25, 0.3) is 11.8 Å². The van der Waals surface area contributed by atoms with Gasteiger partial charge in [-0.2, -0.15) is 10.5 Å². The number of amides is 6. The summed E-state index contributed by atoms with van der Waals surface area (Å²) in [6.07, 6.45) is 0.963. The quantitative estimate of drug-likeness (QED) is 0.0169. The average molecular weight is 1220 g/mol. The predicted molar refractivity (Wildman–Crippen MR) is 338 cm³/mol. The summed E-state index contributed by atoms with van der Waals surface area (Å²) in [5, 5.41) is 42.6. The van der Waals surface area contributed by atoms with Gasteiger partial charge in [-0.1, -0.05) is 169 Å². The lowest BCUT2D eigenvalue weighted by molar-refractivity contribution is -0.161. The number of nitrogens with one attached hydrogen (secondary N) is 4. The molecular weight excluding hydrogens is 1140 g/mol. The lowest BCUT2D eigenvalue weighted by atomic mass is 9.99. The van der Waals surface area contributed by atoms with Crippen molar-refractivity contribution in [1.82, 2.24) is 26.2 Å². The van der Waals surface area contributed by atoms with Gasteiger partial charge < -0.3 is 43.6 Å². The molecule has 448 valence electrons. The predicted octanol–water partition coefficient (Wildman–Crippen LogP) is 6.95. The summed E-state index contributed by atoms with van der Waals surface area (Å²) in [4.78, 5) is 102. The summed E-state index contributed by atoms with van der Waals surface area (Å²) in [5.74, 6) is -6.48. The molecule has 4 aromatic carbocycles. The van der Waals surface area contributed by atoms with Crippen molar-refractivity contribution >= 4 is 97.8 Å². The standard InChI is InChI=1S/C62H78N10O8S4/c1-61(41-66,83-59(81)45-25-11-5-12-26-45)34-32-52(73)68-49(39-43-21-7-3-8-22-43)54(75)70-47(29-15-18-36-63)56(77)72(51(58(79)80)31-17-20-38-65)57(78)48(30-16-19-37-64)71-55(76)50(40-44-23-9-4-10-24-44)69-53(74)33-35-62(2,42-67)84-60(82)46-27-13-6-14-28-46/h3-14,21-28,47-51H,15-20,29-40,63-65H2,1-2H3,(H,68,73)(H,69,74)(H,70,75)(H,71,76)(H,79,80). The molecule has 22 heteroatoms. The molecule has 0 saturated carbocycles. The smallest absolute Gasteiger partial charge is 0.326 e. The third-order valence-corrected chi connectivity index (χ3v) is 17.1. The van der Waals surface area contributed by atoms with Crippen LogP contribution in [0.4, 0.5) is 0 Å². The number of aliphatic carboxylic acids is 1. The first kappa shape index (κ1) is 69.6. The molecule has 0 aliphatic heterocycles. The second kappa shape index (κ2) is 36.7. The van der Waals surface area contributed by atoms with E-state index in [0.29, 0.717) is 43.7 Å². The first-order chi connectivity index (χ1) is 40.3. The highest BCUT2D eigenvalue weighted by atomic mass is 32.2. The van der Waals surface area contributed by atoms with Crippen LogP contribution in [0, 0.1) is 22.7 Å². The van der Waals surface area contributed by atoms with E-state index >= 15 is 9.59 Å². The van der Waals surface area contributed by atoms with Crippen LogP contribution in [0.15, 0.2) is 121 Å². The van der Waals surface area contributed by atoms with Gasteiger partial charge in [0.2, 0.25) is 23.6 Å². The summed E-state index contributed by atoms with van der Waals surface area (Å²) in [6.45, 7) is 3.93. The Bertz CT molecular complexity index is 2720. The molecule has 0 saturated heterocycles. The monoisotopic (exact) mass is 1220 g/mol. The zero-order valence-electron chi connectivity index (χ0n) is 47.7. The number of rotatable bonds is 36. The van der Waals surface area contributed by atoms with Crippen LogP contribution in [0.1, 0.15) is 120 Å². The lowest BCUT2D eigenvalue weighted by Gasteiger charge is -2.34. The van der Waals surface area contributed by atoms with E-state index in [1.807, 2.05) is 60.7 Å². The van der Waals surface area contributed by atoms with Crippen molar-refractivity contribution in [2.75, 3.05) is 19.6 Å². The number of carboxylic acids is 1. The number of carboxylic acid groups (broad SMARTS) is 1. The SMILES string of the molecule is CC(C#N)(CCC(=O)NC(Cc1ccccc1)C(=O)NC(CCCCN)C(=O)N(C(=O)C(CCCCN)NC(=O)C(Cc1ccccc1)NC(=O)CCC(C)(C#N)SC(=S)c1ccccc1)C(CCCCN)C(=O)O)SC(=S)c1ccccc1. The third kappa shape index (κ3) is 23.6. The second-order valence-electron chi connectivity index (χ2n) is 20.7. The largest absolute Gasteiger partial charge is 0.480 e. The lowest BCUT2D eigenvalue weighted by Crippen LogP contribution is -2.62. The van der Waals surface area contributed by atoms with Gasteiger partial charge in [0.05, 0.1) is 20.5 Å². The van der Waals surface area contributed by atoms with Crippen molar-refractivity contribution in [2.24, 2.45) is 17.2 Å². The molecule has 84 heavy (non-hydrogen) atoms. The van der Waals surface area contributed by atoms with Crippen LogP contribution in [0.25, 0.3) is 0 Å². The van der Waals surface area contributed by atoms with Crippen LogP contribution < -0.4 is 38.5 Å². The number of thiocarbonyl (C=S) groups is 2. The Kier molecular flexibility index (Phi) is 30.4. The van der Waals surface area contributed by atoms with Gasteiger partial charge in [-0.15, -0.1) is 0 Å². The third-order valence-electron chi connectivity index (χ3n) is 13.8. The van der Waals surface area contributed by atoms with Gasteiger partial charge in [-0.05, 0) is 126 Å². The molecule has 0 aliphatic carbocycles. The second-order valence-corrected chi connectivity index (χ2v) is 25.1. The number of hydrogen-bond donors (Lipinski definition) is 8. The number of carbonyl (C=O) groups excluding carboxylic acids is 6. The number of nitriles is 2. The molecule has 0 fully saturated rings. The molecule has 0 aromatic heterocycles. The number of carbonyl (C=O) groups is 7. The minimum Gasteiger partial charge on any atom is -0.480 e. The molecule has 7 atom stereocenters. The van der Waals surface area contributed by atoms with Gasteiger partial charge in [0.1, 0.15) is 39.7 Å². The summed E-state index contributed by atoms with van der Waals surface area (Å²) in [5.41, 5.74) is 20.4. The maximum absolute atomic E-state index is 15.4. The van der Waals surface area contributed by atoms with Crippen molar-refractivity contribution in [2.45, 2.75) is 150 Å². The van der Waals surface area contributed by atoms with Gasteiger partial charge in [-0.3, -0.25) is 33.7 Å². The van der Waals surface area contributed by atoms with E-state index in [2.05, 4.69) is 33.4 Å². The van der Waals surface area contributed by atoms with Crippen molar-refractivity contribution < 1.29 is 38.7 Å². The zero-order chi connectivity index (χ0) is 61.5. The van der Waals surface area contributed by atoms with Crippen LogP contribution in [0.2, 0.25) is 0 Å². The summed E-state index contributed by atoms with van der Waals surface area (Å²) >= 11 is 13.6. The van der Waals surface area contributed by atoms with E-state index in [1.54, 1.807) is 74.5 Å². The van der Waals surface area contributed by atoms with Crippen molar-refractivity contribution in [1.29, 1.82) is 10.5 Å². The minimum atomic E-state index is -1.80. The van der Waals surface area contributed by atoms with Crippen LogP contribution in [-0.4, -0.2) is 119 Å². The average Bonchev–Trinajstić information content (AvgIpc) is 3.57. The molecule has 0 radical (unpaired) electrons. The van der Waals surface area contributed by atoms with E-state index in [-0.39, 0.29) is 96.7 Å². The molecule has 6 amide bonds. The van der Waals surface area contributed by atoms with Gasteiger partial charge in [0, 0.05) is 25.7 Å². The fraction of sp³-hybridized carbons (Fsp3) is 0.435. The highest BCUT2D eigenvalue weighted by Crippen LogP contribution is 2.34. The number of benzene rings is 4. The highest BCUT2D eigenvalue weighted by Gasteiger charge is 2.43. The van der Waals surface area contributed by atoms with E-state index < -0.39 is 81.1 Å². The number of hydrogen-bond acceptors (Lipinski definition) is 16. The molecule has 18 nitrogen and oxygen atoms in total. The number of nitrogens with two attached hydrogens (primary N) is 3. The topological polar surface area (TPSA) is 317 Å². The molecule has 0 aliphatic rings. The van der Waals surface area contributed by atoms with Crippen molar-refractivity contribution in [3.05, 3.63) is 144 Å². The summed E-state index contributed by atoms with van der Waals surface area (Å²) in [6, 6.07) is 32.9. The Morgan fingerprint density at radius 3 is 1.18 bits per heavy atom. The van der Waals surface area contributed by atoms with E-state index in [1.165, 1.54) is 0 Å². The Hall–Kier alpha value is -6.89. The summed E-state index contributed by atoms with van der Waals surface area (Å²) in [7, 11) is 0. The Morgan fingerprint density at radius 1 is 0.524 bits per heavy atom. The normalized spacial score (nSPS) is 14.2.